The van der Waals surface area contributed by atoms with Crippen LogP contribution >= 0.6 is 0 Å². The van der Waals surface area contributed by atoms with E-state index >= 15 is 0 Å². The molecule has 2 aliphatic rings. The second kappa shape index (κ2) is 5.03. The van der Waals surface area contributed by atoms with E-state index in [-0.39, 0.29) is 0 Å². The summed E-state index contributed by atoms with van der Waals surface area (Å²) in [5.74, 6) is 0.729. The predicted octanol–water partition coefficient (Wildman–Crippen LogP) is 1.49. The highest BCUT2D eigenvalue weighted by Crippen LogP contribution is 2.31. The first-order valence-electron chi connectivity index (χ1n) is 6.69. The van der Waals surface area contributed by atoms with Crippen molar-refractivity contribution in [2.45, 2.75) is 45.2 Å². The Hall–Kier alpha value is -0.120. The van der Waals surface area contributed by atoms with E-state index in [0.29, 0.717) is 11.6 Å². The molecule has 0 saturated carbocycles. The Kier molecular flexibility index (Phi) is 3.88. The fraction of sp³-hybridized carbons (Fsp3) is 1.00. The molecular weight excluding hydrogens is 200 g/mol. The van der Waals surface area contributed by atoms with Gasteiger partial charge in [-0.15, -0.1) is 0 Å². The van der Waals surface area contributed by atoms with Gasteiger partial charge in [-0.05, 0) is 25.7 Å². The van der Waals surface area contributed by atoms with E-state index in [4.69, 9.17) is 4.74 Å². The van der Waals surface area contributed by atoms with Gasteiger partial charge in [0.15, 0.2) is 0 Å². The molecule has 0 aliphatic carbocycles. The Morgan fingerprint density at radius 3 is 2.62 bits per heavy atom. The fourth-order valence-electron chi connectivity index (χ4n) is 3.09. The molecule has 2 fully saturated rings. The van der Waals surface area contributed by atoms with Crippen LogP contribution in [-0.2, 0) is 4.74 Å². The average molecular weight is 226 g/mol. The quantitative estimate of drug-likeness (QED) is 0.772. The molecule has 2 heterocycles. The smallest absolute Gasteiger partial charge is 0.0483 e. The van der Waals surface area contributed by atoms with E-state index in [9.17, 15) is 0 Å². The summed E-state index contributed by atoms with van der Waals surface area (Å²) in [6.45, 7) is 12.5. The van der Waals surface area contributed by atoms with Gasteiger partial charge in [-0.1, -0.05) is 13.8 Å². The molecule has 0 aromatic heterocycles. The average Bonchev–Trinajstić information content (AvgIpc) is 2.30. The zero-order valence-corrected chi connectivity index (χ0v) is 11.0. The highest BCUT2D eigenvalue weighted by molar-refractivity contribution is 4.95. The molecule has 0 aromatic carbocycles. The number of rotatable bonds is 2. The van der Waals surface area contributed by atoms with Crippen molar-refractivity contribution >= 4 is 0 Å². The Morgan fingerprint density at radius 1 is 1.31 bits per heavy atom. The van der Waals surface area contributed by atoms with E-state index in [0.717, 1.165) is 32.2 Å². The molecule has 1 atom stereocenters. The third-order valence-electron chi connectivity index (χ3n) is 4.32. The highest BCUT2D eigenvalue weighted by atomic mass is 16.5. The maximum atomic E-state index is 5.51. The van der Waals surface area contributed by atoms with Gasteiger partial charge in [0.1, 0.15) is 0 Å². The molecule has 1 unspecified atom stereocenters. The molecule has 3 nitrogen and oxygen atoms in total. The van der Waals surface area contributed by atoms with E-state index in [1.54, 1.807) is 0 Å². The third-order valence-corrected chi connectivity index (χ3v) is 4.32. The van der Waals surface area contributed by atoms with Crippen molar-refractivity contribution in [1.29, 1.82) is 0 Å². The molecule has 2 aliphatic heterocycles. The van der Waals surface area contributed by atoms with Gasteiger partial charge in [-0.3, -0.25) is 4.90 Å². The van der Waals surface area contributed by atoms with Crippen molar-refractivity contribution in [2.75, 3.05) is 32.8 Å². The lowest BCUT2D eigenvalue weighted by Gasteiger charge is -2.51. The molecule has 2 saturated heterocycles. The van der Waals surface area contributed by atoms with Gasteiger partial charge < -0.3 is 10.1 Å². The van der Waals surface area contributed by atoms with Gasteiger partial charge in [-0.2, -0.15) is 0 Å². The number of nitrogens with zero attached hydrogens (tertiary/aromatic N) is 1. The molecule has 0 amide bonds. The van der Waals surface area contributed by atoms with Crippen molar-refractivity contribution in [3.8, 4) is 0 Å². The van der Waals surface area contributed by atoms with Crippen LogP contribution < -0.4 is 5.32 Å². The second-order valence-corrected chi connectivity index (χ2v) is 5.82. The predicted molar refractivity (Wildman–Crippen MR) is 66.7 cm³/mol. The van der Waals surface area contributed by atoms with Crippen LogP contribution in [-0.4, -0.2) is 49.3 Å². The monoisotopic (exact) mass is 226 g/mol. The largest absolute Gasteiger partial charge is 0.381 e. The summed E-state index contributed by atoms with van der Waals surface area (Å²) in [5.41, 5.74) is 0.370. The molecule has 1 N–H and O–H groups in total. The molecule has 94 valence electrons. The van der Waals surface area contributed by atoms with Crippen molar-refractivity contribution in [3.05, 3.63) is 0 Å². The lowest BCUT2D eigenvalue weighted by atomic mass is 9.85. The first-order valence-corrected chi connectivity index (χ1v) is 6.69. The summed E-state index contributed by atoms with van der Waals surface area (Å²) in [6.07, 6.45) is 2.38. The van der Waals surface area contributed by atoms with E-state index < -0.39 is 0 Å². The van der Waals surface area contributed by atoms with Crippen molar-refractivity contribution in [1.82, 2.24) is 10.2 Å². The van der Waals surface area contributed by atoms with Gasteiger partial charge in [-0.25, -0.2) is 0 Å². The van der Waals surface area contributed by atoms with Crippen LogP contribution in [0.15, 0.2) is 0 Å². The molecule has 0 spiro atoms. The second-order valence-electron chi connectivity index (χ2n) is 5.82. The van der Waals surface area contributed by atoms with Crippen LogP contribution in [0.1, 0.15) is 33.6 Å². The van der Waals surface area contributed by atoms with Crippen molar-refractivity contribution in [3.63, 3.8) is 0 Å². The SMILES string of the molecule is CC(C)C1CNCCN1C1(C)CCOCC1. The van der Waals surface area contributed by atoms with Crippen LogP contribution in [0, 0.1) is 5.92 Å². The van der Waals surface area contributed by atoms with Gasteiger partial charge in [0.2, 0.25) is 0 Å². The van der Waals surface area contributed by atoms with Gasteiger partial charge >= 0.3 is 0 Å². The first kappa shape index (κ1) is 12.3. The van der Waals surface area contributed by atoms with E-state index in [1.807, 2.05) is 0 Å². The zero-order chi connectivity index (χ0) is 11.6. The molecule has 0 aromatic rings. The maximum absolute atomic E-state index is 5.51. The van der Waals surface area contributed by atoms with Gasteiger partial charge in [0.05, 0.1) is 0 Å². The summed E-state index contributed by atoms with van der Waals surface area (Å²) >= 11 is 0. The fourth-order valence-corrected chi connectivity index (χ4v) is 3.09. The number of hydrogen-bond acceptors (Lipinski definition) is 3. The summed E-state index contributed by atoms with van der Waals surface area (Å²) < 4.78 is 5.51. The minimum atomic E-state index is 0.370. The lowest BCUT2D eigenvalue weighted by Crippen LogP contribution is -2.63. The Bertz CT molecular complexity index is 224. The Labute approximate surface area is 99.5 Å². The zero-order valence-electron chi connectivity index (χ0n) is 11.0. The molecule has 16 heavy (non-hydrogen) atoms. The molecule has 0 bridgehead atoms. The van der Waals surface area contributed by atoms with Crippen LogP contribution in [0.5, 0.6) is 0 Å². The number of nitrogens with one attached hydrogen (secondary N) is 1. The van der Waals surface area contributed by atoms with Gasteiger partial charge in [0.25, 0.3) is 0 Å². The molecule has 0 radical (unpaired) electrons. The molecule has 3 heteroatoms. The van der Waals surface area contributed by atoms with E-state index in [1.165, 1.54) is 19.4 Å². The normalized spacial score (nSPS) is 31.9. The van der Waals surface area contributed by atoms with Crippen LogP contribution in [0.2, 0.25) is 0 Å². The summed E-state index contributed by atoms with van der Waals surface area (Å²) in [4.78, 5) is 2.75. The topological polar surface area (TPSA) is 24.5 Å². The first-order chi connectivity index (χ1) is 7.63. The van der Waals surface area contributed by atoms with Crippen molar-refractivity contribution < 1.29 is 4.74 Å². The molecule has 2 rings (SSSR count). The van der Waals surface area contributed by atoms with E-state index in [2.05, 4.69) is 31.0 Å². The number of piperazine rings is 1. The van der Waals surface area contributed by atoms with Crippen LogP contribution in [0.3, 0.4) is 0 Å². The Balaban J connectivity index is 2.09. The van der Waals surface area contributed by atoms with Crippen LogP contribution in [0.4, 0.5) is 0 Å². The number of hydrogen-bond donors (Lipinski definition) is 1. The van der Waals surface area contributed by atoms with Gasteiger partial charge in [0, 0.05) is 44.4 Å². The molecular formula is C13H26N2O. The van der Waals surface area contributed by atoms with Crippen molar-refractivity contribution in [2.24, 2.45) is 5.92 Å². The van der Waals surface area contributed by atoms with Crippen LogP contribution in [0.25, 0.3) is 0 Å². The summed E-state index contributed by atoms with van der Waals surface area (Å²) in [5, 5.41) is 3.53. The summed E-state index contributed by atoms with van der Waals surface area (Å²) in [7, 11) is 0. The summed E-state index contributed by atoms with van der Waals surface area (Å²) in [6, 6.07) is 0.692. The standard InChI is InChI=1S/C13H26N2O/c1-11(2)12-10-14-6-7-15(12)13(3)4-8-16-9-5-13/h11-12,14H,4-10H2,1-3H3. The minimum absolute atomic E-state index is 0.370. The minimum Gasteiger partial charge on any atom is -0.381 e. The Morgan fingerprint density at radius 2 is 2.00 bits per heavy atom. The number of ether oxygens (including phenoxy) is 1. The highest BCUT2D eigenvalue weighted by Gasteiger charge is 2.39. The lowest BCUT2D eigenvalue weighted by molar-refractivity contribution is -0.0550. The maximum Gasteiger partial charge on any atom is 0.0483 e. The third kappa shape index (κ3) is 2.41.